The summed E-state index contributed by atoms with van der Waals surface area (Å²) in [5.74, 6) is 3.56. The van der Waals surface area contributed by atoms with E-state index in [0.29, 0.717) is 4.68 Å². The molecule has 0 bridgehead atoms. The van der Waals surface area contributed by atoms with E-state index in [4.69, 9.17) is 10.5 Å². The van der Waals surface area contributed by atoms with E-state index in [9.17, 15) is 19.4 Å². The number of nitrogen functional groups attached to an aromatic ring is 1. The number of alkyl halides is 2. The van der Waals surface area contributed by atoms with Gasteiger partial charge in [-0.15, -0.1) is 0 Å². The largest absolute Gasteiger partial charge is 0.391 e. The number of nitrogens with two attached hydrogens (primary N) is 1. The molecule has 0 radical (unpaired) electrons. The van der Waals surface area contributed by atoms with Gasteiger partial charge in [-0.1, -0.05) is 11.8 Å². The Bertz CT molecular complexity index is 671. The lowest BCUT2D eigenvalue weighted by molar-refractivity contribution is -0.0849. The molecule has 1 aliphatic heterocycles. The average Bonchev–Trinajstić information content (AvgIpc) is 2.70. The van der Waals surface area contributed by atoms with Crippen LogP contribution in [0.5, 0.6) is 0 Å². The number of aliphatic hydroxyl groups is 2. The third-order valence-corrected chi connectivity index (χ3v) is 3.17. The fraction of sp³-hybridized carbons (Fsp3) is 0.583. The van der Waals surface area contributed by atoms with Gasteiger partial charge in [0, 0.05) is 0 Å². The lowest BCUT2D eigenvalue weighted by atomic mass is 9.94. The average molecular weight is 316 g/mol. The summed E-state index contributed by atoms with van der Waals surface area (Å²) < 4.78 is 33.0. The van der Waals surface area contributed by atoms with Crippen LogP contribution in [0.4, 0.5) is 14.6 Å². The van der Waals surface area contributed by atoms with E-state index < -0.39 is 42.6 Å². The zero-order chi connectivity index (χ0) is 16.5. The molecule has 5 atom stereocenters. The topological polar surface area (TPSA) is 123 Å². The van der Waals surface area contributed by atoms with Crippen molar-refractivity contribution in [2.24, 2.45) is 0 Å². The summed E-state index contributed by atoms with van der Waals surface area (Å²) in [5.41, 5.74) is 1.41. The molecule has 0 aromatic carbocycles. The second-order valence-electron chi connectivity index (χ2n) is 4.75. The molecule has 120 valence electrons. The molecule has 8 nitrogen and oxygen atoms in total. The first-order valence-corrected chi connectivity index (χ1v) is 6.29. The van der Waals surface area contributed by atoms with Crippen molar-refractivity contribution in [3.8, 4) is 11.8 Å². The number of halogens is 2. The molecule has 2 rings (SSSR count). The first-order chi connectivity index (χ1) is 10.3. The summed E-state index contributed by atoms with van der Waals surface area (Å²) in [6, 6.07) is 0. The van der Waals surface area contributed by atoms with Crippen LogP contribution in [0.1, 0.15) is 13.2 Å². The molecule has 2 heterocycles. The molecule has 0 spiro atoms. The molecule has 1 aromatic rings. The van der Waals surface area contributed by atoms with E-state index in [1.807, 2.05) is 11.8 Å². The second-order valence-corrected chi connectivity index (χ2v) is 4.75. The minimum absolute atomic E-state index is 0.189. The van der Waals surface area contributed by atoms with Gasteiger partial charge in [-0.25, -0.2) is 13.6 Å². The lowest BCUT2D eigenvalue weighted by Crippen LogP contribution is -2.46. The summed E-state index contributed by atoms with van der Waals surface area (Å²) in [6.45, 7) is 0.101. The number of anilines is 1. The van der Waals surface area contributed by atoms with Gasteiger partial charge in [0.1, 0.15) is 24.7 Å². The van der Waals surface area contributed by atoms with Gasteiger partial charge in [0.15, 0.2) is 0 Å². The summed E-state index contributed by atoms with van der Waals surface area (Å²) in [4.78, 5) is 15.1. The van der Waals surface area contributed by atoms with Crippen LogP contribution in [-0.4, -0.2) is 55.6 Å². The molecular weight excluding hydrogens is 302 g/mol. The highest BCUT2D eigenvalue weighted by atomic mass is 19.1. The highest BCUT2D eigenvalue weighted by molar-refractivity contribution is 5.24. The maximum Gasteiger partial charge on any atom is 0.368 e. The number of nitrogens with zero attached hydrogens (tertiary/aromatic N) is 3. The lowest BCUT2D eigenvalue weighted by Gasteiger charge is -2.23. The smallest absolute Gasteiger partial charge is 0.368 e. The minimum atomic E-state index is -2.84. The molecule has 1 saturated heterocycles. The zero-order valence-corrected chi connectivity index (χ0v) is 11.5. The van der Waals surface area contributed by atoms with E-state index in [2.05, 4.69) is 10.1 Å². The Balaban J connectivity index is 2.53. The van der Waals surface area contributed by atoms with Gasteiger partial charge in [0.25, 0.3) is 0 Å². The second kappa shape index (κ2) is 5.96. The summed E-state index contributed by atoms with van der Waals surface area (Å²) in [7, 11) is 0. The molecule has 1 aromatic heterocycles. The van der Waals surface area contributed by atoms with E-state index in [1.54, 1.807) is 0 Å². The van der Waals surface area contributed by atoms with Gasteiger partial charge in [-0.2, -0.15) is 14.8 Å². The molecular formula is C12H14F2N4O4. The fourth-order valence-electron chi connectivity index (χ4n) is 2.15. The van der Waals surface area contributed by atoms with Crippen molar-refractivity contribution in [2.45, 2.75) is 37.1 Å². The molecule has 1 unspecified atom stereocenters. The van der Waals surface area contributed by atoms with Gasteiger partial charge in [0.05, 0.1) is 12.3 Å². The third kappa shape index (κ3) is 2.66. The predicted molar refractivity (Wildman–Crippen MR) is 69.9 cm³/mol. The zero-order valence-electron chi connectivity index (χ0n) is 11.5. The number of rotatable bonds is 2. The molecule has 4 N–H and O–H groups in total. The summed E-state index contributed by atoms with van der Waals surface area (Å²) in [5, 5.41) is 23.1. The maximum atomic E-state index is 15.0. The molecule has 0 aliphatic carbocycles. The normalized spacial score (nSPS) is 32.3. The number of aromatic nitrogens is 3. The van der Waals surface area contributed by atoms with Crippen molar-refractivity contribution in [3.05, 3.63) is 16.7 Å². The molecule has 22 heavy (non-hydrogen) atoms. The summed E-state index contributed by atoms with van der Waals surface area (Å²) in [6.07, 6.45) is -5.38. The van der Waals surface area contributed by atoms with Crippen molar-refractivity contribution in [1.29, 1.82) is 0 Å². The van der Waals surface area contributed by atoms with Gasteiger partial charge in [-0.05, 0) is 6.92 Å². The SMILES string of the molecule is C[C@@H](O)[C@H]1O[C@@H](n2ncc(N)nc2=O)[C@@](F)(C#CCF)C1O. The highest BCUT2D eigenvalue weighted by Crippen LogP contribution is 2.41. The van der Waals surface area contributed by atoms with Gasteiger partial charge >= 0.3 is 5.69 Å². The molecule has 0 amide bonds. The Hall–Kier alpha value is -2.09. The Morgan fingerprint density at radius 1 is 1.68 bits per heavy atom. The Labute approximate surface area is 123 Å². The van der Waals surface area contributed by atoms with Crippen LogP contribution in [0.2, 0.25) is 0 Å². The first kappa shape index (κ1) is 16.3. The van der Waals surface area contributed by atoms with Gasteiger partial charge in [-0.3, -0.25) is 0 Å². The molecule has 1 aliphatic rings. The van der Waals surface area contributed by atoms with Crippen LogP contribution in [-0.2, 0) is 4.74 Å². The van der Waals surface area contributed by atoms with Crippen LogP contribution >= 0.6 is 0 Å². The Kier molecular flexibility index (Phi) is 4.41. The van der Waals surface area contributed by atoms with Crippen LogP contribution < -0.4 is 11.4 Å². The molecule has 1 fully saturated rings. The van der Waals surface area contributed by atoms with Crippen LogP contribution in [0.15, 0.2) is 11.0 Å². The minimum Gasteiger partial charge on any atom is -0.391 e. The molecule has 10 heteroatoms. The maximum absolute atomic E-state index is 15.0. The van der Waals surface area contributed by atoms with Crippen LogP contribution in [0.25, 0.3) is 0 Å². The van der Waals surface area contributed by atoms with E-state index in [1.165, 1.54) is 6.92 Å². The van der Waals surface area contributed by atoms with Crippen molar-refractivity contribution in [3.63, 3.8) is 0 Å². The Morgan fingerprint density at radius 3 is 2.91 bits per heavy atom. The van der Waals surface area contributed by atoms with Gasteiger partial charge < -0.3 is 20.7 Å². The van der Waals surface area contributed by atoms with Crippen LogP contribution in [0.3, 0.4) is 0 Å². The standard InChI is InChI=1S/C12H14F2N4O4/c1-6(19)8-9(20)12(14,3-2-4-13)10(22-8)18-11(21)17-7(15)5-16-18/h5-6,8-10,19-20H,4H2,1H3,(H2,15,17,21)/t6-,8-,9?,10-,12-/m1/s1. The quantitative estimate of drug-likeness (QED) is 0.570. The van der Waals surface area contributed by atoms with Crippen LogP contribution in [0, 0.1) is 11.8 Å². The number of ether oxygens (including phenoxy) is 1. The van der Waals surface area contributed by atoms with Gasteiger partial charge in [0.2, 0.25) is 11.9 Å². The van der Waals surface area contributed by atoms with Crippen molar-refractivity contribution < 1.29 is 23.7 Å². The first-order valence-electron chi connectivity index (χ1n) is 6.29. The van der Waals surface area contributed by atoms with E-state index in [-0.39, 0.29) is 5.82 Å². The van der Waals surface area contributed by atoms with Crippen molar-refractivity contribution >= 4 is 5.82 Å². The predicted octanol–water partition coefficient (Wildman–Crippen LogP) is -1.46. The van der Waals surface area contributed by atoms with E-state index >= 15 is 4.39 Å². The third-order valence-electron chi connectivity index (χ3n) is 3.17. The molecule has 0 saturated carbocycles. The van der Waals surface area contributed by atoms with E-state index in [0.717, 1.165) is 6.20 Å². The number of hydrogen-bond acceptors (Lipinski definition) is 7. The number of aliphatic hydroxyl groups excluding tert-OH is 2. The van der Waals surface area contributed by atoms with Crippen molar-refractivity contribution in [1.82, 2.24) is 14.8 Å². The Morgan fingerprint density at radius 2 is 2.36 bits per heavy atom. The highest BCUT2D eigenvalue weighted by Gasteiger charge is 2.59. The summed E-state index contributed by atoms with van der Waals surface area (Å²) >= 11 is 0. The monoisotopic (exact) mass is 316 g/mol. The van der Waals surface area contributed by atoms with Crippen molar-refractivity contribution in [2.75, 3.05) is 12.4 Å². The number of hydrogen-bond donors (Lipinski definition) is 3. The fourth-order valence-corrected chi connectivity index (χ4v) is 2.15.